The lowest BCUT2D eigenvalue weighted by Crippen LogP contribution is -2.55. The summed E-state index contributed by atoms with van der Waals surface area (Å²) in [5.41, 5.74) is -0.512. The summed E-state index contributed by atoms with van der Waals surface area (Å²) < 4.78 is 42.3. The number of amides is 1. The van der Waals surface area contributed by atoms with E-state index in [-0.39, 0.29) is 36.1 Å². The molecule has 12 heteroatoms. The Hall–Kier alpha value is -3.15. The predicted octanol–water partition coefficient (Wildman–Crippen LogP) is 1.88. The Morgan fingerprint density at radius 2 is 1.80 bits per heavy atom. The van der Waals surface area contributed by atoms with Crippen LogP contribution in [0.5, 0.6) is 0 Å². The highest BCUT2D eigenvalue weighted by atomic mass is 19.1. The lowest BCUT2D eigenvalue weighted by molar-refractivity contribution is -0.122. The second-order valence-electron chi connectivity index (χ2n) is 9.45. The van der Waals surface area contributed by atoms with Crippen molar-refractivity contribution in [2.24, 2.45) is 15.0 Å². The van der Waals surface area contributed by atoms with E-state index < -0.39 is 29.2 Å². The third kappa shape index (κ3) is 4.84. The van der Waals surface area contributed by atoms with Crippen LogP contribution >= 0.6 is 0 Å². The molecule has 3 heterocycles. The van der Waals surface area contributed by atoms with Crippen LogP contribution in [0.4, 0.5) is 18.9 Å². The van der Waals surface area contributed by atoms with Crippen molar-refractivity contribution in [3.8, 4) is 0 Å². The van der Waals surface area contributed by atoms with Crippen molar-refractivity contribution < 1.29 is 23.1 Å². The van der Waals surface area contributed by atoms with E-state index in [1.165, 1.54) is 0 Å². The van der Waals surface area contributed by atoms with E-state index >= 15 is 0 Å². The smallest absolute Gasteiger partial charge is 0.220 e. The van der Waals surface area contributed by atoms with Gasteiger partial charge in [0, 0.05) is 31.1 Å². The molecule has 0 bridgehead atoms. The third-order valence-electron chi connectivity index (χ3n) is 6.88. The van der Waals surface area contributed by atoms with Gasteiger partial charge in [-0.05, 0) is 39.0 Å². The first-order valence-corrected chi connectivity index (χ1v) is 11.9. The second-order valence-corrected chi connectivity index (χ2v) is 9.45. The molecule has 4 aliphatic rings. The van der Waals surface area contributed by atoms with Crippen LogP contribution in [0.3, 0.4) is 0 Å². The number of aliphatic hydroxyl groups is 1. The maximum Gasteiger partial charge on any atom is 0.220 e. The molecule has 9 nitrogen and oxygen atoms in total. The van der Waals surface area contributed by atoms with E-state index in [1.54, 1.807) is 4.90 Å². The molecule has 35 heavy (non-hydrogen) atoms. The molecule has 1 saturated heterocycles. The number of piperidine rings is 1. The van der Waals surface area contributed by atoms with Crippen LogP contribution < -0.4 is 16.0 Å². The normalized spacial score (nSPS) is 30.7. The number of aliphatic hydroxyl groups excluding tert-OH is 1. The molecule has 0 radical (unpaired) electrons. The number of nitrogens with zero attached hydrogens (tertiary/aromatic N) is 4. The van der Waals surface area contributed by atoms with Gasteiger partial charge in [-0.2, -0.15) is 4.99 Å². The minimum absolute atomic E-state index is 0.0681. The molecule has 0 aromatic heterocycles. The maximum absolute atomic E-state index is 14.4. The molecule has 1 aliphatic carbocycles. The lowest BCUT2D eigenvalue weighted by atomic mass is 9.93. The maximum atomic E-state index is 14.4. The number of hydrogen-bond donors (Lipinski definition) is 4. The standard InChI is InChI=1S/C23H28F3N7O2/c1-11-19-21(32-22(28-11)29-13-2-5-15(34)6-3-13)33(14-4-7-18(35)27-10-14)23(30-19)31-20-16(25)8-12(24)9-17(20)26/h8-9,11,13-15,19,34H,2-7,10H2,1H3,(H,27,35)(H,28,29)(H,30,31)/t11?,13-,14?,15-,19?. The van der Waals surface area contributed by atoms with E-state index in [0.717, 1.165) is 12.8 Å². The molecule has 3 aliphatic heterocycles. The van der Waals surface area contributed by atoms with Crippen molar-refractivity contribution in [3.05, 3.63) is 29.6 Å². The van der Waals surface area contributed by atoms with Crippen molar-refractivity contribution in [2.45, 2.75) is 75.7 Å². The second kappa shape index (κ2) is 9.48. The topological polar surface area (TPSA) is 114 Å². The van der Waals surface area contributed by atoms with Crippen LogP contribution in [0, 0.1) is 17.5 Å². The summed E-state index contributed by atoms with van der Waals surface area (Å²) in [5, 5.41) is 18.7. The van der Waals surface area contributed by atoms with Gasteiger partial charge in [-0.3, -0.25) is 9.69 Å². The number of anilines is 1. The van der Waals surface area contributed by atoms with Crippen molar-refractivity contribution >= 4 is 29.3 Å². The van der Waals surface area contributed by atoms with E-state index in [4.69, 9.17) is 4.99 Å². The molecular weight excluding hydrogens is 463 g/mol. The van der Waals surface area contributed by atoms with Crippen molar-refractivity contribution in [3.63, 3.8) is 0 Å². The number of fused-ring (bicyclic) bond motifs is 1. The van der Waals surface area contributed by atoms with Gasteiger partial charge in [0.15, 0.2) is 11.6 Å². The van der Waals surface area contributed by atoms with E-state index in [9.17, 15) is 23.1 Å². The van der Waals surface area contributed by atoms with Crippen LogP contribution in [0.1, 0.15) is 45.4 Å². The molecule has 1 amide bonds. The zero-order chi connectivity index (χ0) is 24.7. The minimum Gasteiger partial charge on any atom is -0.393 e. The minimum atomic E-state index is -1.08. The fraction of sp³-hybridized carbons (Fsp3) is 0.565. The van der Waals surface area contributed by atoms with Crippen LogP contribution in [-0.2, 0) is 4.79 Å². The van der Waals surface area contributed by atoms with Gasteiger partial charge in [0.2, 0.25) is 17.8 Å². The predicted molar refractivity (Wildman–Crippen MR) is 125 cm³/mol. The first-order chi connectivity index (χ1) is 16.8. The van der Waals surface area contributed by atoms with Gasteiger partial charge < -0.3 is 21.1 Å². The van der Waals surface area contributed by atoms with Gasteiger partial charge in [-0.1, -0.05) is 0 Å². The molecule has 2 fully saturated rings. The molecule has 5 rings (SSSR count). The summed E-state index contributed by atoms with van der Waals surface area (Å²) in [6.07, 6.45) is 3.53. The average molecular weight is 492 g/mol. The van der Waals surface area contributed by atoms with Crippen LogP contribution in [-0.4, -0.2) is 70.5 Å². The number of aliphatic imine (C=N–C) groups is 3. The summed E-state index contributed by atoms with van der Waals surface area (Å²) in [6.45, 7) is 2.20. The summed E-state index contributed by atoms with van der Waals surface area (Å²) in [6, 6.07) is 0.306. The number of carbonyl (C=O) groups excluding carboxylic acids is 1. The fourth-order valence-corrected chi connectivity index (χ4v) is 4.99. The first-order valence-electron chi connectivity index (χ1n) is 11.9. The number of hydrogen-bond acceptors (Lipinski definition) is 8. The Kier molecular flexibility index (Phi) is 6.39. The number of benzene rings is 1. The van der Waals surface area contributed by atoms with E-state index in [1.807, 2.05) is 6.92 Å². The zero-order valence-corrected chi connectivity index (χ0v) is 19.3. The number of nitrogens with one attached hydrogen (secondary N) is 3. The van der Waals surface area contributed by atoms with Gasteiger partial charge in [0.25, 0.3) is 0 Å². The highest BCUT2D eigenvalue weighted by Crippen LogP contribution is 2.29. The van der Waals surface area contributed by atoms with Crippen LogP contribution in [0.2, 0.25) is 0 Å². The number of rotatable bonds is 3. The molecule has 1 aromatic rings. The Balaban J connectivity index is 1.44. The molecular formula is C23H28F3N7O2. The zero-order valence-electron chi connectivity index (χ0n) is 19.3. The first kappa shape index (κ1) is 23.6. The SMILES string of the molecule is CC1N=C(N[C@H]2CC[C@H](O)CC2)N=C2C1N=C(Nc1c(F)cc(F)cc1F)N2C1CCC(=O)NC1. The van der Waals surface area contributed by atoms with Gasteiger partial charge in [-0.25, -0.2) is 23.2 Å². The Labute approximate surface area is 200 Å². The van der Waals surface area contributed by atoms with Gasteiger partial charge in [0.1, 0.15) is 23.4 Å². The molecule has 3 unspecified atom stereocenters. The summed E-state index contributed by atoms with van der Waals surface area (Å²) >= 11 is 0. The summed E-state index contributed by atoms with van der Waals surface area (Å²) in [5.74, 6) is -2.06. The van der Waals surface area contributed by atoms with Gasteiger partial charge in [0.05, 0.1) is 18.2 Å². The van der Waals surface area contributed by atoms with Crippen LogP contribution in [0.25, 0.3) is 0 Å². The number of halogens is 3. The van der Waals surface area contributed by atoms with Crippen molar-refractivity contribution in [1.29, 1.82) is 0 Å². The van der Waals surface area contributed by atoms with E-state index in [0.29, 0.717) is 56.2 Å². The van der Waals surface area contributed by atoms with E-state index in [2.05, 4.69) is 25.9 Å². The van der Waals surface area contributed by atoms with Gasteiger partial charge in [-0.15, -0.1) is 0 Å². The molecule has 3 atom stereocenters. The van der Waals surface area contributed by atoms with Crippen molar-refractivity contribution in [1.82, 2.24) is 15.5 Å². The Morgan fingerprint density at radius 3 is 2.46 bits per heavy atom. The molecule has 4 N–H and O–H groups in total. The average Bonchev–Trinajstić information content (AvgIpc) is 3.17. The Morgan fingerprint density at radius 1 is 1.09 bits per heavy atom. The molecule has 1 aromatic carbocycles. The summed E-state index contributed by atoms with van der Waals surface area (Å²) in [4.78, 5) is 27.6. The number of carbonyl (C=O) groups is 1. The highest BCUT2D eigenvalue weighted by Gasteiger charge is 2.43. The number of amidine groups is 1. The largest absolute Gasteiger partial charge is 0.393 e. The molecule has 0 spiro atoms. The summed E-state index contributed by atoms with van der Waals surface area (Å²) in [7, 11) is 0. The van der Waals surface area contributed by atoms with Crippen LogP contribution in [0.15, 0.2) is 27.1 Å². The molecule has 1 saturated carbocycles. The molecule has 188 valence electrons. The quantitative estimate of drug-likeness (QED) is 0.516. The lowest BCUT2D eigenvalue weighted by Gasteiger charge is -2.36. The monoisotopic (exact) mass is 491 g/mol. The fourth-order valence-electron chi connectivity index (χ4n) is 4.99. The Bertz CT molecular complexity index is 1070. The van der Waals surface area contributed by atoms with Crippen molar-refractivity contribution in [2.75, 3.05) is 11.9 Å². The number of guanidine groups is 2. The van der Waals surface area contributed by atoms with Gasteiger partial charge >= 0.3 is 0 Å². The highest BCUT2D eigenvalue weighted by molar-refractivity contribution is 6.16. The third-order valence-corrected chi connectivity index (χ3v) is 6.88.